The molecule has 1 aromatic heterocycles. The molecule has 2 aromatic rings. The van der Waals surface area contributed by atoms with Crippen LogP contribution >= 0.6 is 0 Å². The molecule has 1 aliphatic rings. The highest BCUT2D eigenvalue weighted by atomic mass is 16.3. The summed E-state index contributed by atoms with van der Waals surface area (Å²) in [4.78, 5) is 0. The molecule has 0 saturated heterocycles. The largest absolute Gasteiger partial charge is 0.390 e. The van der Waals surface area contributed by atoms with Gasteiger partial charge in [-0.15, -0.1) is 5.10 Å². The number of rotatable bonds is 4. The molecule has 0 bridgehead atoms. The lowest BCUT2D eigenvalue weighted by Crippen LogP contribution is -2.17. The van der Waals surface area contributed by atoms with Gasteiger partial charge in [-0.1, -0.05) is 41.5 Å². The third-order valence-electron chi connectivity index (χ3n) is 3.94. The van der Waals surface area contributed by atoms with Crippen molar-refractivity contribution in [1.82, 2.24) is 15.0 Å². The first-order valence-corrected chi connectivity index (χ1v) is 6.86. The molecule has 19 heavy (non-hydrogen) atoms. The summed E-state index contributed by atoms with van der Waals surface area (Å²) in [5, 5.41) is 17.7. The fourth-order valence-corrected chi connectivity index (χ4v) is 2.58. The van der Waals surface area contributed by atoms with Gasteiger partial charge in [0, 0.05) is 5.92 Å². The highest BCUT2D eigenvalue weighted by Gasteiger charge is 2.27. The summed E-state index contributed by atoms with van der Waals surface area (Å²) >= 11 is 0. The summed E-state index contributed by atoms with van der Waals surface area (Å²) in [6.07, 6.45) is 3.65. The first kappa shape index (κ1) is 12.4. The fraction of sp³-hybridized carbons (Fsp3) is 0.467. The van der Waals surface area contributed by atoms with E-state index < -0.39 is 0 Å². The Labute approximate surface area is 113 Å². The van der Waals surface area contributed by atoms with Gasteiger partial charge in [0.2, 0.25) is 0 Å². The number of nitrogens with zero attached hydrogens (tertiary/aromatic N) is 3. The number of aliphatic hydroxyl groups excluding tert-OH is 1. The first-order chi connectivity index (χ1) is 9.28. The van der Waals surface area contributed by atoms with Gasteiger partial charge in [0.15, 0.2) is 0 Å². The average molecular weight is 257 g/mol. The zero-order valence-corrected chi connectivity index (χ0v) is 11.2. The highest BCUT2D eigenvalue weighted by molar-refractivity contribution is 5.23. The van der Waals surface area contributed by atoms with Gasteiger partial charge in [0.05, 0.1) is 18.8 Å². The monoisotopic (exact) mass is 257 g/mol. The number of aliphatic hydroxyl groups is 1. The standard InChI is InChI=1S/C15H19N3O/c1-11-5-7-12(8-6-11)9-18-15(13-3-2-4-13)14(10-19)16-17-18/h5-8,13,19H,2-4,9-10H2,1H3. The van der Waals surface area contributed by atoms with Crippen LogP contribution < -0.4 is 0 Å². The van der Waals surface area contributed by atoms with Crippen molar-refractivity contribution in [2.45, 2.75) is 45.3 Å². The Kier molecular flexibility index (Phi) is 3.34. The molecule has 4 nitrogen and oxygen atoms in total. The van der Waals surface area contributed by atoms with E-state index in [1.165, 1.54) is 30.4 Å². The molecular formula is C15H19N3O. The molecule has 0 spiro atoms. The van der Waals surface area contributed by atoms with E-state index in [1.807, 2.05) is 4.68 Å². The number of hydrogen-bond donors (Lipinski definition) is 1. The summed E-state index contributed by atoms with van der Waals surface area (Å²) in [6, 6.07) is 8.48. The van der Waals surface area contributed by atoms with Gasteiger partial charge in [-0.2, -0.15) is 0 Å². The van der Waals surface area contributed by atoms with Crippen molar-refractivity contribution in [2.75, 3.05) is 0 Å². The lowest BCUT2D eigenvalue weighted by atomic mass is 9.82. The molecule has 0 unspecified atom stereocenters. The SMILES string of the molecule is Cc1ccc(Cn2nnc(CO)c2C2CCC2)cc1. The number of aryl methyl sites for hydroxylation is 1. The summed E-state index contributed by atoms with van der Waals surface area (Å²) < 4.78 is 1.96. The van der Waals surface area contributed by atoms with Crippen LogP contribution in [0.3, 0.4) is 0 Å². The van der Waals surface area contributed by atoms with E-state index in [2.05, 4.69) is 41.5 Å². The van der Waals surface area contributed by atoms with Gasteiger partial charge in [-0.3, -0.25) is 0 Å². The molecule has 4 heteroatoms. The minimum absolute atomic E-state index is 0.0142. The summed E-state index contributed by atoms with van der Waals surface area (Å²) in [5.41, 5.74) is 4.37. The third-order valence-corrected chi connectivity index (χ3v) is 3.94. The van der Waals surface area contributed by atoms with Gasteiger partial charge in [0.1, 0.15) is 5.69 Å². The van der Waals surface area contributed by atoms with E-state index in [0.717, 1.165) is 17.9 Å². The highest BCUT2D eigenvalue weighted by Crippen LogP contribution is 2.37. The van der Waals surface area contributed by atoms with Crippen LogP contribution in [0.25, 0.3) is 0 Å². The summed E-state index contributed by atoms with van der Waals surface area (Å²) in [6.45, 7) is 2.81. The first-order valence-electron chi connectivity index (χ1n) is 6.86. The Hall–Kier alpha value is -1.68. The van der Waals surface area contributed by atoms with Crippen LogP contribution in [0.4, 0.5) is 0 Å². The van der Waals surface area contributed by atoms with Crippen molar-refractivity contribution >= 4 is 0 Å². The van der Waals surface area contributed by atoms with Crippen molar-refractivity contribution in [2.24, 2.45) is 0 Å². The molecular weight excluding hydrogens is 238 g/mol. The molecule has 1 aromatic carbocycles. The Morgan fingerprint density at radius 3 is 2.58 bits per heavy atom. The Morgan fingerprint density at radius 1 is 1.26 bits per heavy atom. The molecule has 0 aliphatic heterocycles. The lowest BCUT2D eigenvalue weighted by molar-refractivity contribution is 0.271. The average Bonchev–Trinajstić information content (AvgIpc) is 2.73. The van der Waals surface area contributed by atoms with E-state index in [9.17, 15) is 5.11 Å². The normalized spacial score (nSPS) is 15.5. The smallest absolute Gasteiger partial charge is 0.112 e. The summed E-state index contributed by atoms with van der Waals surface area (Å²) in [7, 11) is 0. The minimum atomic E-state index is -0.0142. The van der Waals surface area contributed by atoms with Crippen molar-refractivity contribution in [3.8, 4) is 0 Å². The van der Waals surface area contributed by atoms with Gasteiger partial charge < -0.3 is 5.11 Å². The molecule has 1 saturated carbocycles. The van der Waals surface area contributed by atoms with Crippen LogP contribution in [0.2, 0.25) is 0 Å². The zero-order valence-electron chi connectivity index (χ0n) is 11.2. The lowest BCUT2D eigenvalue weighted by Gasteiger charge is -2.26. The molecule has 100 valence electrons. The van der Waals surface area contributed by atoms with Crippen LogP contribution in [0, 0.1) is 6.92 Å². The maximum absolute atomic E-state index is 9.39. The van der Waals surface area contributed by atoms with Gasteiger partial charge >= 0.3 is 0 Å². The van der Waals surface area contributed by atoms with Crippen LogP contribution in [-0.4, -0.2) is 20.1 Å². The number of hydrogen-bond acceptors (Lipinski definition) is 3. The minimum Gasteiger partial charge on any atom is -0.390 e. The van der Waals surface area contributed by atoms with Gasteiger partial charge in [0.25, 0.3) is 0 Å². The fourth-order valence-electron chi connectivity index (χ4n) is 2.58. The maximum Gasteiger partial charge on any atom is 0.112 e. The van der Waals surface area contributed by atoms with Crippen LogP contribution in [0.1, 0.15) is 47.7 Å². The van der Waals surface area contributed by atoms with Crippen LogP contribution in [-0.2, 0) is 13.2 Å². The Bertz CT molecular complexity index is 555. The molecule has 3 rings (SSSR count). The van der Waals surface area contributed by atoms with Crippen LogP contribution in [0.5, 0.6) is 0 Å². The molecule has 1 fully saturated rings. The third kappa shape index (κ3) is 2.40. The molecule has 0 atom stereocenters. The summed E-state index contributed by atoms with van der Waals surface area (Å²) in [5.74, 6) is 0.530. The second-order valence-corrected chi connectivity index (χ2v) is 5.35. The molecule has 0 amide bonds. The predicted molar refractivity (Wildman–Crippen MR) is 72.8 cm³/mol. The van der Waals surface area contributed by atoms with E-state index in [1.54, 1.807) is 0 Å². The molecule has 1 aliphatic carbocycles. The quantitative estimate of drug-likeness (QED) is 0.915. The maximum atomic E-state index is 9.39. The zero-order chi connectivity index (χ0) is 13.2. The predicted octanol–water partition coefficient (Wildman–Crippen LogP) is 2.39. The van der Waals surface area contributed by atoms with E-state index >= 15 is 0 Å². The Balaban J connectivity index is 1.87. The van der Waals surface area contributed by atoms with Crippen molar-refractivity contribution < 1.29 is 5.11 Å². The second kappa shape index (κ2) is 5.13. The molecule has 1 heterocycles. The number of benzene rings is 1. The molecule has 1 N–H and O–H groups in total. The number of aromatic nitrogens is 3. The second-order valence-electron chi connectivity index (χ2n) is 5.35. The topological polar surface area (TPSA) is 50.9 Å². The van der Waals surface area contributed by atoms with E-state index in [4.69, 9.17) is 0 Å². The van der Waals surface area contributed by atoms with Crippen molar-refractivity contribution in [3.05, 3.63) is 46.8 Å². The van der Waals surface area contributed by atoms with Crippen molar-refractivity contribution in [3.63, 3.8) is 0 Å². The van der Waals surface area contributed by atoms with E-state index in [0.29, 0.717) is 5.92 Å². The molecule has 0 radical (unpaired) electrons. The van der Waals surface area contributed by atoms with E-state index in [-0.39, 0.29) is 6.61 Å². The van der Waals surface area contributed by atoms with Gasteiger partial charge in [-0.25, -0.2) is 4.68 Å². The Morgan fingerprint density at radius 2 is 2.00 bits per heavy atom. The van der Waals surface area contributed by atoms with Gasteiger partial charge in [-0.05, 0) is 25.3 Å². The van der Waals surface area contributed by atoms with Crippen LogP contribution in [0.15, 0.2) is 24.3 Å². The van der Waals surface area contributed by atoms with Crippen molar-refractivity contribution in [1.29, 1.82) is 0 Å².